The Labute approximate surface area is 176 Å². The zero-order valence-electron chi connectivity index (χ0n) is 15.7. The fourth-order valence-electron chi connectivity index (χ4n) is 3.48. The highest BCUT2D eigenvalue weighted by Gasteiger charge is 2.49. The first-order valence-electron chi connectivity index (χ1n) is 8.90. The topological polar surface area (TPSA) is 100 Å². The summed E-state index contributed by atoms with van der Waals surface area (Å²) in [5.41, 5.74) is 0.0497. The summed E-state index contributed by atoms with van der Waals surface area (Å²) in [7, 11) is 1.41. The fraction of sp³-hybridized carbons (Fsp3) is 0.0909. The van der Waals surface area contributed by atoms with Gasteiger partial charge in [-0.15, -0.1) is 0 Å². The Kier molecular flexibility index (Phi) is 4.97. The maximum Gasteiger partial charge on any atom is 0.300 e. The van der Waals surface area contributed by atoms with E-state index in [1.807, 2.05) is 0 Å². The number of anilines is 1. The summed E-state index contributed by atoms with van der Waals surface area (Å²) in [5, 5.41) is 21.7. The van der Waals surface area contributed by atoms with Gasteiger partial charge in [-0.05, 0) is 42.5 Å². The average molecular weight is 426 g/mol. The lowest BCUT2D eigenvalue weighted by molar-refractivity contribution is -0.132. The van der Waals surface area contributed by atoms with Gasteiger partial charge in [0.25, 0.3) is 11.7 Å². The maximum absolute atomic E-state index is 13.0. The molecule has 1 atom stereocenters. The van der Waals surface area contributed by atoms with E-state index < -0.39 is 23.5 Å². The number of nitrogens with zero attached hydrogens (tertiary/aromatic N) is 1. The number of ether oxygens (including phenoxy) is 1. The summed E-state index contributed by atoms with van der Waals surface area (Å²) in [6.07, 6.45) is 1.39. The number of hydrogen-bond donors (Lipinski definition) is 2. The van der Waals surface area contributed by atoms with Crippen molar-refractivity contribution in [1.82, 2.24) is 0 Å². The number of furan rings is 1. The van der Waals surface area contributed by atoms with E-state index in [9.17, 15) is 19.8 Å². The molecule has 7 nitrogen and oxygen atoms in total. The zero-order chi connectivity index (χ0) is 21.4. The van der Waals surface area contributed by atoms with Crippen LogP contribution in [0.4, 0.5) is 5.69 Å². The predicted octanol–water partition coefficient (Wildman–Crippen LogP) is 4.27. The van der Waals surface area contributed by atoms with Crippen molar-refractivity contribution in [3.8, 4) is 11.5 Å². The summed E-state index contributed by atoms with van der Waals surface area (Å²) in [5.74, 6) is -2.01. The van der Waals surface area contributed by atoms with Crippen LogP contribution < -0.4 is 9.64 Å². The molecule has 1 unspecified atom stereocenters. The minimum absolute atomic E-state index is 0.109. The minimum atomic E-state index is -1.10. The van der Waals surface area contributed by atoms with Crippen molar-refractivity contribution in [3.63, 3.8) is 0 Å². The van der Waals surface area contributed by atoms with E-state index in [1.54, 1.807) is 36.4 Å². The molecule has 1 saturated heterocycles. The number of para-hydroxylation sites is 2. The van der Waals surface area contributed by atoms with Gasteiger partial charge in [-0.3, -0.25) is 14.5 Å². The number of rotatable bonds is 4. The third-order valence-corrected chi connectivity index (χ3v) is 5.05. The van der Waals surface area contributed by atoms with E-state index in [0.717, 1.165) is 4.90 Å². The number of aliphatic hydroxyl groups is 1. The van der Waals surface area contributed by atoms with Gasteiger partial charge >= 0.3 is 0 Å². The van der Waals surface area contributed by atoms with E-state index in [2.05, 4.69) is 0 Å². The molecule has 30 heavy (non-hydrogen) atoms. The highest BCUT2D eigenvalue weighted by Crippen LogP contribution is 2.45. The molecule has 8 heteroatoms. The van der Waals surface area contributed by atoms with Crippen molar-refractivity contribution in [2.75, 3.05) is 12.0 Å². The quantitative estimate of drug-likeness (QED) is 0.368. The summed E-state index contributed by atoms with van der Waals surface area (Å²) < 4.78 is 10.7. The van der Waals surface area contributed by atoms with Crippen molar-refractivity contribution < 1.29 is 29.0 Å². The highest BCUT2D eigenvalue weighted by molar-refractivity contribution is 6.52. The summed E-state index contributed by atoms with van der Waals surface area (Å²) in [6, 6.07) is 12.7. The molecule has 0 spiro atoms. The number of benzene rings is 2. The van der Waals surface area contributed by atoms with Gasteiger partial charge in [-0.25, -0.2) is 0 Å². The van der Waals surface area contributed by atoms with Crippen LogP contribution in [0.1, 0.15) is 17.4 Å². The predicted molar refractivity (Wildman–Crippen MR) is 110 cm³/mol. The van der Waals surface area contributed by atoms with Gasteiger partial charge in [-0.1, -0.05) is 23.7 Å². The van der Waals surface area contributed by atoms with Crippen LogP contribution in [-0.2, 0) is 9.59 Å². The number of hydrogen-bond acceptors (Lipinski definition) is 6. The Morgan fingerprint density at radius 1 is 1.13 bits per heavy atom. The molecule has 0 radical (unpaired) electrons. The number of halogens is 1. The molecule has 152 valence electrons. The Hall–Kier alpha value is -3.71. The SMILES string of the molecule is COc1ccc(Cl)cc1/C(O)=C1/C(=O)C(=O)N(c2ccccc2O)C1c1ccco1. The second-order valence-electron chi connectivity index (χ2n) is 6.52. The van der Waals surface area contributed by atoms with Gasteiger partial charge in [0.15, 0.2) is 0 Å². The lowest BCUT2D eigenvalue weighted by Gasteiger charge is -2.24. The number of carbonyl (C=O) groups is 2. The van der Waals surface area contributed by atoms with Crippen molar-refractivity contribution in [2.45, 2.75) is 6.04 Å². The molecule has 4 rings (SSSR count). The first kappa shape index (κ1) is 19.6. The zero-order valence-corrected chi connectivity index (χ0v) is 16.5. The smallest absolute Gasteiger partial charge is 0.300 e. The number of phenolic OH excluding ortho intramolecular Hbond substituents is 1. The molecule has 2 heterocycles. The number of carbonyl (C=O) groups excluding carboxylic acids is 2. The molecule has 1 aliphatic rings. The third-order valence-electron chi connectivity index (χ3n) is 4.82. The van der Waals surface area contributed by atoms with E-state index >= 15 is 0 Å². The molecule has 1 fully saturated rings. The first-order chi connectivity index (χ1) is 14.4. The minimum Gasteiger partial charge on any atom is -0.507 e. The number of methoxy groups -OCH3 is 1. The second-order valence-corrected chi connectivity index (χ2v) is 6.95. The van der Waals surface area contributed by atoms with Gasteiger partial charge in [0, 0.05) is 5.02 Å². The summed E-state index contributed by atoms with van der Waals surface area (Å²) in [4.78, 5) is 27.0. The average Bonchev–Trinajstić information content (AvgIpc) is 3.35. The van der Waals surface area contributed by atoms with Crippen LogP contribution >= 0.6 is 11.6 Å². The molecule has 1 amide bonds. The monoisotopic (exact) mass is 425 g/mol. The third kappa shape index (κ3) is 3.09. The lowest BCUT2D eigenvalue weighted by Crippen LogP contribution is -2.29. The van der Waals surface area contributed by atoms with Crippen molar-refractivity contribution in [1.29, 1.82) is 0 Å². The summed E-state index contributed by atoms with van der Waals surface area (Å²) >= 11 is 6.07. The molecule has 2 N–H and O–H groups in total. The fourth-order valence-corrected chi connectivity index (χ4v) is 3.65. The van der Waals surface area contributed by atoms with E-state index in [0.29, 0.717) is 5.02 Å². The van der Waals surface area contributed by atoms with E-state index in [1.165, 1.54) is 31.6 Å². The molecule has 0 bridgehead atoms. The first-order valence-corrected chi connectivity index (χ1v) is 9.28. The standard InChI is InChI=1S/C22H16ClNO6/c1-29-16-9-8-12(23)11-13(16)20(26)18-19(17-7-4-10-30-17)24(22(28)21(18)27)14-5-2-3-6-15(14)25/h2-11,19,25-26H,1H3/b20-18-. The second kappa shape index (κ2) is 7.61. The molecular formula is C22H16ClNO6. The van der Waals surface area contributed by atoms with Crippen LogP contribution in [0.5, 0.6) is 11.5 Å². The largest absolute Gasteiger partial charge is 0.507 e. The number of aliphatic hydroxyl groups excluding tert-OH is 1. The maximum atomic E-state index is 13.0. The number of amides is 1. The highest BCUT2D eigenvalue weighted by atomic mass is 35.5. The van der Waals surface area contributed by atoms with Crippen LogP contribution in [0.3, 0.4) is 0 Å². The van der Waals surface area contributed by atoms with Crippen molar-refractivity contribution in [2.24, 2.45) is 0 Å². The molecular weight excluding hydrogens is 410 g/mol. The van der Waals surface area contributed by atoms with Gasteiger partial charge in [0.2, 0.25) is 0 Å². The van der Waals surface area contributed by atoms with Gasteiger partial charge in [0.1, 0.15) is 29.1 Å². The lowest BCUT2D eigenvalue weighted by atomic mass is 9.98. The van der Waals surface area contributed by atoms with Crippen molar-refractivity contribution >= 4 is 34.7 Å². The molecule has 1 aromatic heterocycles. The van der Waals surface area contributed by atoms with Gasteiger partial charge in [0.05, 0.1) is 30.2 Å². The number of Topliss-reactive ketones (excluding diaryl/α,β-unsaturated/α-hetero) is 1. The molecule has 0 saturated carbocycles. The Balaban J connectivity index is 1.98. The normalized spacial score (nSPS) is 18.1. The Morgan fingerprint density at radius 3 is 2.57 bits per heavy atom. The number of aromatic hydroxyl groups is 1. The van der Waals surface area contributed by atoms with Crippen LogP contribution in [0.25, 0.3) is 5.76 Å². The van der Waals surface area contributed by atoms with Crippen LogP contribution in [0, 0.1) is 0 Å². The summed E-state index contributed by atoms with van der Waals surface area (Å²) in [6.45, 7) is 0. The molecule has 1 aliphatic heterocycles. The Bertz CT molecular complexity index is 1170. The van der Waals surface area contributed by atoms with E-state index in [4.69, 9.17) is 20.8 Å². The van der Waals surface area contributed by atoms with Gasteiger partial charge in [-0.2, -0.15) is 0 Å². The van der Waals surface area contributed by atoms with Crippen LogP contribution in [0.2, 0.25) is 5.02 Å². The molecule has 2 aromatic carbocycles. The van der Waals surface area contributed by atoms with E-state index in [-0.39, 0.29) is 34.1 Å². The van der Waals surface area contributed by atoms with Crippen LogP contribution in [-0.4, -0.2) is 29.0 Å². The number of phenols is 1. The molecule has 0 aliphatic carbocycles. The molecule has 3 aromatic rings. The van der Waals surface area contributed by atoms with Gasteiger partial charge < -0.3 is 19.4 Å². The Morgan fingerprint density at radius 2 is 1.90 bits per heavy atom. The number of ketones is 1. The van der Waals surface area contributed by atoms with Crippen molar-refractivity contribution in [3.05, 3.63) is 82.8 Å². The van der Waals surface area contributed by atoms with Crippen LogP contribution in [0.15, 0.2) is 70.9 Å².